The van der Waals surface area contributed by atoms with Gasteiger partial charge in [0.15, 0.2) is 0 Å². The van der Waals surface area contributed by atoms with Gasteiger partial charge in [-0.05, 0) is 24.1 Å². The Morgan fingerprint density at radius 1 is 1.42 bits per heavy atom. The second-order valence-electron chi connectivity index (χ2n) is 3.70. The van der Waals surface area contributed by atoms with Crippen molar-refractivity contribution in [3.8, 4) is 5.75 Å². The smallest absolute Gasteiger partial charge is 0.373 e. The topological polar surface area (TPSA) is 74.1 Å². The summed E-state index contributed by atoms with van der Waals surface area (Å²) in [5.74, 6) is 0.806. The molecule has 6 nitrogen and oxygen atoms in total. The Hall–Kier alpha value is -2.46. The number of rotatable bonds is 3. The van der Waals surface area contributed by atoms with Crippen molar-refractivity contribution >= 4 is 23.3 Å². The van der Waals surface area contributed by atoms with Crippen LogP contribution in [0, 0.1) is 0 Å². The molecule has 0 saturated heterocycles. The van der Waals surface area contributed by atoms with E-state index in [1.807, 2.05) is 19.2 Å². The molecule has 0 fully saturated rings. The van der Waals surface area contributed by atoms with E-state index < -0.39 is 0 Å². The van der Waals surface area contributed by atoms with E-state index in [1.54, 1.807) is 11.8 Å². The van der Waals surface area contributed by atoms with Gasteiger partial charge in [0.2, 0.25) is 0 Å². The first-order valence-corrected chi connectivity index (χ1v) is 5.71. The lowest BCUT2D eigenvalue weighted by molar-refractivity contribution is -0.191. The van der Waals surface area contributed by atoms with Crippen molar-refractivity contribution in [3.63, 3.8) is 0 Å². The third-order valence-electron chi connectivity index (χ3n) is 2.45. The molecule has 0 amide bonds. The predicted molar refractivity (Wildman–Crippen MR) is 69.4 cm³/mol. The molecule has 1 heterocycles. The fourth-order valence-corrected chi connectivity index (χ4v) is 1.68. The first-order chi connectivity index (χ1) is 9.17. The third-order valence-corrected chi connectivity index (χ3v) is 2.45. The van der Waals surface area contributed by atoms with Crippen LogP contribution in [0.5, 0.6) is 5.75 Å². The molecule has 0 aliphatic heterocycles. The number of carbonyl (C=O) groups excluding carboxylic acids is 2. The van der Waals surface area contributed by atoms with Gasteiger partial charge in [-0.25, -0.2) is 4.68 Å². The van der Waals surface area contributed by atoms with Crippen molar-refractivity contribution in [2.24, 2.45) is 7.05 Å². The molecule has 1 aromatic heterocycles. The minimum Gasteiger partial charge on any atom is -0.494 e. The van der Waals surface area contributed by atoms with E-state index in [0.717, 1.165) is 28.8 Å². The average molecular weight is 261 g/mol. The number of nitrogens with zero attached hydrogens (tertiary/aromatic N) is 3. The molecule has 1 aromatic carbocycles. The quantitative estimate of drug-likeness (QED) is 0.842. The monoisotopic (exact) mass is 261 g/mol. The lowest BCUT2D eigenvalue weighted by Gasteiger charge is -2.04. The molecule has 0 unspecified atom stereocenters. The lowest BCUT2D eigenvalue weighted by Crippen LogP contribution is -1.93. The Kier molecular flexibility index (Phi) is 5.44. The van der Waals surface area contributed by atoms with Crippen molar-refractivity contribution in [2.45, 2.75) is 13.3 Å². The molecule has 6 heteroatoms. The zero-order valence-corrected chi connectivity index (χ0v) is 11.1. The van der Waals surface area contributed by atoms with Crippen molar-refractivity contribution in [1.29, 1.82) is 0 Å². The first-order valence-electron chi connectivity index (χ1n) is 5.71. The second-order valence-corrected chi connectivity index (χ2v) is 3.70. The fraction of sp³-hybridized carbons (Fsp3) is 0.308. The maximum atomic E-state index is 8.12. The van der Waals surface area contributed by atoms with Crippen LogP contribution in [0.25, 0.3) is 17.1 Å². The van der Waals surface area contributed by atoms with Crippen LogP contribution >= 0.6 is 0 Å². The van der Waals surface area contributed by atoms with Crippen LogP contribution in [0.2, 0.25) is 0 Å². The summed E-state index contributed by atoms with van der Waals surface area (Å²) in [5.41, 5.74) is 2.88. The summed E-state index contributed by atoms with van der Waals surface area (Å²) < 4.78 is 7.08. The van der Waals surface area contributed by atoms with Crippen LogP contribution in [-0.4, -0.2) is 28.3 Å². The molecule has 0 N–H and O–H groups in total. The fourth-order valence-electron chi connectivity index (χ4n) is 1.68. The molecule has 100 valence electrons. The number of aromatic nitrogens is 3. The van der Waals surface area contributed by atoms with Crippen molar-refractivity contribution in [2.75, 3.05) is 7.11 Å². The largest absolute Gasteiger partial charge is 0.494 e. The number of hydrogen-bond acceptors (Lipinski definition) is 5. The number of benzene rings is 1. The SMILES string of the molecule is CC/C=C/c1cc(OC)c2c(c1)nnn2C.O=C=O. The highest BCUT2D eigenvalue weighted by molar-refractivity contribution is 5.84. The standard InChI is InChI=1S/C12H15N3O.CO2/c1-4-5-6-9-7-10-12(11(8-9)16-3)15(2)14-13-10;2-1-3/h5-8H,4H2,1-3H3;/b6-5+;. The number of hydrogen-bond donors (Lipinski definition) is 0. The van der Waals surface area contributed by atoms with Gasteiger partial charge in [-0.1, -0.05) is 24.3 Å². The van der Waals surface area contributed by atoms with Gasteiger partial charge in [-0.3, -0.25) is 0 Å². The second kappa shape index (κ2) is 7.08. The van der Waals surface area contributed by atoms with E-state index in [-0.39, 0.29) is 6.15 Å². The van der Waals surface area contributed by atoms with E-state index >= 15 is 0 Å². The van der Waals surface area contributed by atoms with E-state index in [9.17, 15) is 0 Å². The maximum absolute atomic E-state index is 8.12. The Balaban J connectivity index is 0.000000550. The number of allylic oxidation sites excluding steroid dienone is 1. The van der Waals surface area contributed by atoms with E-state index in [2.05, 4.69) is 29.4 Å². The minimum atomic E-state index is 0.250. The average Bonchev–Trinajstić information content (AvgIpc) is 2.78. The molecule has 0 aliphatic carbocycles. The molecule has 0 atom stereocenters. The summed E-state index contributed by atoms with van der Waals surface area (Å²) in [4.78, 5) is 16.2. The summed E-state index contributed by atoms with van der Waals surface area (Å²) in [7, 11) is 3.52. The molecular formula is C13H15N3O3. The number of methoxy groups -OCH3 is 1. The summed E-state index contributed by atoms with van der Waals surface area (Å²) in [6.07, 6.45) is 5.44. The van der Waals surface area contributed by atoms with Gasteiger partial charge in [-0.2, -0.15) is 9.59 Å². The lowest BCUT2D eigenvalue weighted by atomic mass is 10.1. The van der Waals surface area contributed by atoms with Gasteiger partial charge in [0.1, 0.15) is 16.8 Å². The summed E-state index contributed by atoms with van der Waals surface area (Å²) in [5, 5.41) is 8.08. The van der Waals surface area contributed by atoms with E-state index in [4.69, 9.17) is 14.3 Å². The highest BCUT2D eigenvalue weighted by Gasteiger charge is 2.08. The molecule has 0 saturated carbocycles. The van der Waals surface area contributed by atoms with E-state index in [1.165, 1.54) is 0 Å². The molecule has 2 aromatic rings. The molecule has 0 spiro atoms. The number of fused-ring (bicyclic) bond motifs is 1. The van der Waals surface area contributed by atoms with Gasteiger partial charge >= 0.3 is 6.15 Å². The van der Waals surface area contributed by atoms with Crippen LogP contribution in [0.1, 0.15) is 18.9 Å². The molecule has 0 aliphatic rings. The van der Waals surface area contributed by atoms with Gasteiger partial charge in [-0.15, -0.1) is 5.10 Å². The van der Waals surface area contributed by atoms with Crippen LogP contribution in [0.3, 0.4) is 0 Å². The Bertz CT molecular complexity index is 611. The van der Waals surface area contributed by atoms with E-state index in [0.29, 0.717) is 0 Å². The van der Waals surface area contributed by atoms with Crippen LogP contribution in [0.15, 0.2) is 18.2 Å². The first kappa shape index (κ1) is 14.6. The molecule has 2 rings (SSSR count). The highest BCUT2D eigenvalue weighted by Crippen LogP contribution is 2.26. The van der Waals surface area contributed by atoms with Crippen LogP contribution in [-0.2, 0) is 16.6 Å². The normalized spacial score (nSPS) is 10.1. The molecule has 0 bridgehead atoms. The van der Waals surface area contributed by atoms with Crippen molar-refractivity contribution in [1.82, 2.24) is 15.0 Å². The Morgan fingerprint density at radius 2 is 2.11 bits per heavy atom. The summed E-state index contributed by atoms with van der Waals surface area (Å²) in [6.45, 7) is 2.11. The van der Waals surface area contributed by atoms with Gasteiger partial charge < -0.3 is 4.74 Å². The Labute approximate surface area is 110 Å². The zero-order chi connectivity index (χ0) is 14.3. The van der Waals surface area contributed by atoms with Gasteiger partial charge in [0.25, 0.3) is 0 Å². The van der Waals surface area contributed by atoms with Crippen molar-refractivity contribution < 1.29 is 14.3 Å². The van der Waals surface area contributed by atoms with Gasteiger partial charge in [0, 0.05) is 7.05 Å². The van der Waals surface area contributed by atoms with Crippen molar-refractivity contribution in [3.05, 3.63) is 23.8 Å². The Morgan fingerprint density at radius 3 is 2.68 bits per heavy atom. The van der Waals surface area contributed by atoms with Gasteiger partial charge in [0.05, 0.1) is 7.11 Å². The van der Waals surface area contributed by atoms with Crippen LogP contribution in [0.4, 0.5) is 0 Å². The van der Waals surface area contributed by atoms with Crippen LogP contribution < -0.4 is 4.74 Å². The predicted octanol–water partition coefficient (Wildman–Crippen LogP) is 1.82. The molecular weight excluding hydrogens is 246 g/mol. The molecule has 0 radical (unpaired) electrons. The summed E-state index contributed by atoms with van der Waals surface area (Å²) >= 11 is 0. The zero-order valence-electron chi connectivity index (χ0n) is 11.1. The third kappa shape index (κ3) is 3.50. The summed E-state index contributed by atoms with van der Waals surface area (Å²) in [6, 6.07) is 4.01. The highest BCUT2D eigenvalue weighted by atomic mass is 16.5. The number of ether oxygens (including phenoxy) is 1. The number of aryl methyl sites for hydroxylation is 1. The molecule has 19 heavy (non-hydrogen) atoms. The maximum Gasteiger partial charge on any atom is 0.373 e. The minimum absolute atomic E-state index is 0.250.